The molecule has 6 heteroatoms. The fourth-order valence-electron chi connectivity index (χ4n) is 7.13. The molecule has 0 fully saturated rings. The van der Waals surface area contributed by atoms with E-state index < -0.39 is 6.10 Å². The van der Waals surface area contributed by atoms with Crippen LogP contribution in [0.4, 0.5) is 0 Å². The van der Waals surface area contributed by atoms with Crippen molar-refractivity contribution in [3.63, 3.8) is 0 Å². The van der Waals surface area contributed by atoms with Gasteiger partial charge in [-0.2, -0.15) is 0 Å². The van der Waals surface area contributed by atoms with Crippen molar-refractivity contribution in [2.75, 3.05) is 13.2 Å². The number of ether oxygens (including phenoxy) is 3. The van der Waals surface area contributed by atoms with Crippen LogP contribution in [0.25, 0.3) is 0 Å². The fraction of sp³-hybridized carbons (Fsp3) is 0.707. The first-order valence-corrected chi connectivity index (χ1v) is 26.6. The van der Waals surface area contributed by atoms with Crippen molar-refractivity contribution in [2.45, 2.75) is 252 Å². The van der Waals surface area contributed by atoms with Gasteiger partial charge in [0.2, 0.25) is 0 Å². The lowest BCUT2D eigenvalue weighted by Gasteiger charge is -2.18. The Bertz CT molecular complexity index is 1250. The first-order valence-electron chi connectivity index (χ1n) is 26.6. The van der Waals surface area contributed by atoms with E-state index in [9.17, 15) is 14.4 Å². The molecule has 366 valence electrons. The minimum Gasteiger partial charge on any atom is -0.462 e. The van der Waals surface area contributed by atoms with Gasteiger partial charge in [0.05, 0.1) is 0 Å². The van der Waals surface area contributed by atoms with Gasteiger partial charge in [-0.25, -0.2) is 0 Å². The SMILES string of the molecule is CC/C=C\C/C=C\C/C=C\C/C=C\C/C=C\C/C=C\CCCCCCCCCCC(=O)OCC(COC(=O)CCCCCCCCCC)OC(=O)CCCCCCC/C=C\CCCC. The summed E-state index contributed by atoms with van der Waals surface area (Å²) in [6, 6.07) is 0. The van der Waals surface area contributed by atoms with Crippen LogP contribution in [0.5, 0.6) is 0 Å². The van der Waals surface area contributed by atoms with Crippen LogP contribution in [0.3, 0.4) is 0 Å². The maximum atomic E-state index is 12.7. The van der Waals surface area contributed by atoms with Crippen LogP contribution in [-0.4, -0.2) is 37.2 Å². The maximum absolute atomic E-state index is 12.7. The zero-order valence-electron chi connectivity index (χ0n) is 41.8. The molecule has 0 saturated carbocycles. The minimum absolute atomic E-state index is 0.0813. The molecule has 0 radical (unpaired) electrons. The zero-order chi connectivity index (χ0) is 46.5. The molecule has 0 aliphatic heterocycles. The third-order valence-corrected chi connectivity index (χ3v) is 11.1. The van der Waals surface area contributed by atoms with E-state index in [2.05, 4.69) is 106 Å². The van der Waals surface area contributed by atoms with Crippen molar-refractivity contribution in [1.29, 1.82) is 0 Å². The molecular formula is C58H98O6. The summed E-state index contributed by atoms with van der Waals surface area (Å²) in [5, 5.41) is 0. The Hall–Kier alpha value is -3.41. The van der Waals surface area contributed by atoms with E-state index in [4.69, 9.17) is 14.2 Å². The minimum atomic E-state index is -0.780. The monoisotopic (exact) mass is 891 g/mol. The molecule has 0 aliphatic rings. The number of allylic oxidation sites excluding steroid dienone is 14. The molecule has 1 unspecified atom stereocenters. The highest BCUT2D eigenvalue weighted by Crippen LogP contribution is 2.14. The maximum Gasteiger partial charge on any atom is 0.306 e. The third kappa shape index (κ3) is 49.6. The Balaban J connectivity index is 4.18. The summed E-state index contributed by atoms with van der Waals surface area (Å²) in [4.78, 5) is 37.8. The number of esters is 3. The molecule has 0 bridgehead atoms. The van der Waals surface area contributed by atoms with E-state index in [1.165, 1.54) is 89.9 Å². The second-order valence-corrected chi connectivity index (χ2v) is 17.4. The number of rotatable bonds is 47. The first kappa shape index (κ1) is 60.6. The highest BCUT2D eigenvalue weighted by molar-refractivity contribution is 5.71. The lowest BCUT2D eigenvalue weighted by molar-refractivity contribution is -0.167. The van der Waals surface area contributed by atoms with Crippen LogP contribution in [0.15, 0.2) is 85.1 Å². The Morgan fingerprint density at radius 3 is 1.02 bits per heavy atom. The molecule has 1 atom stereocenters. The smallest absolute Gasteiger partial charge is 0.306 e. The number of carbonyl (C=O) groups excluding carboxylic acids is 3. The van der Waals surface area contributed by atoms with Crippen molar-refractivity contribution < 1.29 is 28.6 Å². The zero-order valence-corrected chi connectivity index (χ0v) is 41.8. The highest BCUT2D eigenvalue weighted by atomic mass is 16.6. The highest BCUT2D eigenvalue weighted by Gasteiger charge is 2.19. The Labute approximate surface area is 395 Å². The second-order valence-electron chi connectivity index (χ2n) is 17.4. The molecule has 0 saturated heterocycles. The molecule has 0 rings (SSSR count). The van der Waals surface area contributed by atoms with Crippen LogP contribution in [0.1, 0.15) is 245 Å². The van der Waals surface area contributed by atoms with E-state index in [-0.39, 0.29) is 31.1 Å². The summed E-state index contributed by atoms with van der Waals surface area (Å²) < 4.78 is 16.7. The van der Waals surface area contributed by atoms with Gasteiger partial charge in [0.15, 0.2) is 6.10 Å². The van der Waals surface area contributed by atoms with Crippen LogP contribution >= 0.6 is 0 Å². The molecule has 0 amide bonds. The van der Waals surface area contributed by atoms with E-state index in [0.717, 1.165) is 116 Å². The normalized spacial score (nSPS) is 12.7. The number of carbonyl (C=O) groups is 3. The van der Waals surface area contributed by atoms with Gasteiger partial charge in [0, 0.05) is 19.3 Å². The molecule has 0 aliphatic carbocycles. The van der Waals surface area contributed by atoms with E-state index in [0.29, 0.717) is 19.3 Å². The molecule has 0 aromatic rings. The largest absolute Gasteiger partial charge is 0.462 e. The van der Waals surface area contributed by atoms with E-state index in [1.54, 1.807) is 0 Å². The number of unbranched alkanes of at least 4 members (excludes halogenated alkanes) is 22. The Kier molecular flexibility index (Phi) is 49.4. The molecule has 6 nitrogen and oxygen atoms in total. The molecule has 0 aromatic heterocycles. The van der Waals surface area contributed by atoms with Crippen molar-refractivity contribution in [1.82, 2.24) is 0 Å². The molecule has 0 spiro atoms. The van der Waals surface area contributed by atoms with Crippen LogP contribution in [-0.2, 0) is 28.6 Å². The lowest BCUT2D eigenvalue weighted by Crippen LogP contribution is -2.30. The summed E-state index contributed by atoms with van der Waals surface area (Å²) in [5.41, 5.74) is 0. The van der Waals surface area contributed by atoms with Gasteiger partial charge in [-0.3, -0.25) is 14.4 Å². The molecule has 0 N–H and O–H groups in total. The van der Waals surface area contributed by atoms with Crippen LogP contribution < -0.4 is 0 Å². The van der Waals surface area contributed by atoms with Gasteiger partial charge in [-0.1, -0.05) is 221 Å². The number of hydrogen-bond donors (Lipinski definition) is 0. The van der Waals surface area contributed by atoms with Gasteiger partial charge in [-0.15, -0.1) is 0 Å². The van der Waals surface area contributed by atoms with E-state index >= 15 is 0 Å². The molecular weight excluding hydrogens is 793 g/mol. The molecule has 0 heterocycles. The predicted octanol–water partition coefficient (Wildman–Crippen LogP) is 17.6. The molecule has 64 heavy (non-hydrogen) atoms. The van der Waals surface area contributed by atoms with Crippen LogP contribution in [0, 0.1) is 0 Å². The van der Waals surface area contributed by atoms with Gasteiger partial charge >= 0.3 is 17.9 Å². The summed E-state index contributed by atoms with van der Waals surface area (Å²) >= 11 is 0. The summed E-state index contributed by atoms with van der Waals surface area (Å²) in [6.45, 7) is 6.44. The van der Waals surface area contributed by atoms with Gasteiger partial charge < -0.3 is 14.2 Å². The Morgan fingerprint density at radius 2 is 0.625 bits per heavy atom. The molecule has 0 aromatic carbocycles. The third-order valence-electron chi connectivity index (χ3n) is 11.1. The van der Waals surface area contributed by atoms with Gasteiger partial charge in [0.1, 0.15) is 13.2 Å². The van der Waals surface area contributed by atoms with Crippen molar-refractivity contribution in [3.05, 3.63) is 85.1 Å². The lowest BCUT2D eigenvalue weighted by atomic mass is 10.1. The van der Waals surface area contributed by atoms with Gasteiger partial charge in [-0.05, 0) is 89.9 Å². The fourth-order valence-corrected chi connectivity index (χ4v) is 7.13. The quantitative estimate of drug-likeness (QED) is 0.0262. The average Bonchev–Trinajstić information content (AvgIpc) is 3.29. The Morgan fingerprint density at radius 1 is 0.328 bits per heavy atom. The van der Waals surface area contributed by atoms with E-state index in [1.807, 2.05) is 0 Å². The van der Waals surface area contributed by atoms with Gasteiger partial charge in [0.25, 0.3) is 0 Å². The predicted molar refractivity (Wildman–Crippen MR) is 274 cm³/mol. The average molecular weight is 891 g/mol. The van der Waals surface area contributed by atoms with Crippen LogP contribution in [0.2, 0.25) is 0 Å². The standard InChI is InChI=1S/C58H98O6/c1-4-7-10-13-16-19-21-22-23-24-25-26-27-28-29-30-31-32-33-34-35-36-38-39-42-45-48-51-57(60)63-54-55(53-62-56(59)50-47-44-41-18-15-12-9-6-3)64-58(61)52-49-46-43-40-37-20-17-14-11-8-5-2/h7,10,14,16-17,19,22-23,25-26,28-29,31-32,55H,4-6,8-9,11-13,15,18,20-21,24,27,30,33-54H2,1-3H3/b10-7-,17-14-,19-16-,23-22-,26-25-,29-28-,32-31-. The van der Waals surface area contributed by atoms with Crippen molar-refractivity contribution >= 4 is 17.9 Å². The van der Waals surface area contributed by atoms with Crippen molar-refractivity contribution in [2.24, 2.45) is 0 Å². The second kappa shape index (κ2) is 52.2. The summed E-state index contributed by atoms with van der Waals surface area (Å²) in [7, 11) is 0. The summed E-state index contributed by atoms with van der Waals surface area (Å²) in [6.07, 6.45) is 67.3. The topological polar surface area (TPSA) is 78.9 Å². The summed E-state index contributed by atoms with van der Waals surface area (Å²) in [5.74, 6) is -0.905. The first-order chi connectivity index (χ1) is 31.5. The number of hydrogen-bond acceptors (Lipinski definition) is 6. The van der Waals surface area contributed by atoms with Crippen molar-refractivity contribution in [3.8, 4) is 0 Å².